The van der Waals surface area contributed by atoms with Crippen LogP contribution < -0.4 is 10.5 Å². The quantitative estimate of drug-likeness (QED) is 0.619. The molecular formula is C9H18N4O2S2. The molecule has 17 heavy (non-hydrogen) atoms. The molecule has 0 aliphatic carbocycles. The highest BCUT2D eigenvalue weighted by Crippen LogP contribution is 2.15. The summed E-state index contributed by atoms with van der Waals surface area (Å²) in [5.74, 6) is 0.922. The molecule has 8 heteroatoms. The van der Waals surface area contributed by atoms with Gasteiger partial charge in [0.15, 0.2) is 5.03 Å². The van der Waals surface area contributed by atoms with Crippen molar-refractivity contribution in [1.29, 1.82) is 0 Å². The van der Waals surface area contributed by atoms with Gasteiger partial charge in [0.05, 0.1) is 0 Å². The van der Waals surface area contributed by atoms with E-state index in [1.807, 2.05) is 6.26 Å². The molecule has 0 radical (unpaired) electrons. The Morgan fingerprint density at radius 2 is 2.24 bits per heavy atom. The summed E-state index contributed by atoms with van der Waals surface area (Å²) >= 11 is 1.68. The van der Waals surface area contributed by atoms with Gasteiger partial charge in [-0.05, 0) is 25.4 Å². The molecule has 0 aromatic carbocycles. The van der Waals surface area contributed by atoms with Crippen LogP contribution in [-0.2, 0) is 16.6 Å². The first-order valence-corrected chi connectivity index (χ1v) is 8.13. The number of aryl methyl sites for hydroxylation is 1. The number of nitrogens with one attached hydrogen (secondary N) is 2. The van der Waals surface area contributed by atoms with E-state index in [1.54, 1.807) is 18.7 Å². The molecule has 0 aliphatic heterocycles. The van der Waals surface area contributed by atoms with Crippen LogP contribution >= 0.6 is 11.8 Å². The largest absolute Gasteiger partial charge is 0.326 e. The molecule has 0 fully saturated rings. The zero-order valence-electron chi connectivity index (χ0n) is 9.99. The van der Waals surface area contributed by atoms with Gasteiger partial charge in [-0.15, -0.1) is 0 Å². The smallest absolute Gasteiger partial charge is 0.260 e. The van der Waals surface area contributed by atoms with Gasteiger partial charge in [-0.2, -0.15) is 16.9 Å². The summed E-state index contributed by atoms with van der Waals surface area (Å²) in [6, 6.07) is 0. The number of thioether (sulfide) groups is 1. The Kier molecular flexibility index (Phi) is 5.44. The number of nitrogens with two attached hydrogens (primary N) is 1. The summed E-state index contributed by atoms with van der Waals surface area (Å²) < 4.78 is 26.4. The van der Waals surface area contributed by atoms with Crippen LogP contribution in [0, 0.1) is 6.92 Å². The lowest BCUT2D eigenvalue weighted by atomic mass is 10.3. The van der Waals surface area contributed by atoms with E-state index in [1.165, 1.54) is 0 Å². The average molecular weight is 278 g/mol. The van der Waals surface area contributed by atoms with Crippen LogP contribution in [0.4, 0.5) is 0 Å². The lowest BCUT2D eigenvalue weighted by Gasteiger charge is -2.05. The molecule has 98 valence electrons. The molecule has 1 heterocycles. The highest BCUT2D eigenvalue weighted by Gasteiger charge is 2.22. The van der Waals surface area contributed by atoms with Gasteiger partial charge in [0, 0.05) is 24.3 Å². The van der Waals surface area contributed by atoms with Crippen LogP contribution in [0.5, 0.6) is 0 Å². The number of H-pyrrole nitrogens is 1. The predicted molar refractivity (Wildman–Crippen MR) is 69.4 cm³/mol. The number of aromatic amines is 1. The molecular weight excluding hydrogens is 260 g/mol. The van der Waals surface area contributed by atoms with E-state index >= 15 is 0 Å². The van der Waals surface area contributed by atoms with Crippen molar-refractivity contribution in [3.8, 4) is 0 Å². The first-order valence-electron chi connectivity index (χ1n) is 5.25. The monoisotopic (exact) mass is 278 g/mol. The average Bonchev–Trinajstić information content (AvgIpc) is 2.66. The Labute approximate surface area is 106 Å². The van der Waals surface area contributed by atoms with Gasteiger partial charge in [0.1, 0.15) is 0 Å². The Morgan fingerprint density at radius 3 is 2.82 bits per heavy atom. The predicted octanol–water partition coefficient (Wildman–Crippen LogP) is 0.208. The normalized spacial score (nSPS) is 11.9. The Hall–Kier alpha value is -0.570. The molecule has 0 bridgehead atoms. The highest BCUT2D eigenvalue weighted by atomic mass is 32.2. The molecule has 1 rings (SSSR count). The van der Waals surface area contributed by atoms with Gasteiger partial charge in [-0.1, -0.05) is 0 Å². The van der Waals surface area contributed by atoms with Gasteiger partial charge in [-0.25, -0.2) is 13.1 Å². The molecule has 0 saturated heterocycles. The van der Waals surface area contributed by atoms with Gasteiger partial charge in [0.25, 0.3) is 10.0 Å². The fourth-order valence-corrected chi connectivity index (χ4v) is 3.09. The summed E-state index contributed by atoms with van der Waals surface area (Å²) in [7, 11) is -3.54. The maximum atomic E-state index is 11.9. The van der Waals surface area contributed by atoms with Crippen LogP contribution in [0.1, 0.15) is 17.7 Å². The molecule has 1 aromatic rings. The first kappa shape index (κ1) is 14.5. The number of hydrogen-bond acceptors (Lipinski definition) is 5. The van der Waals surface area contributed by atoms with E-state index in [4.69, 9.17) is 5.73 Å². The molecule has 0 amide bonds. The number of sulfonamides is 1. The van der Waals surface area contributed by atoms with Crippen molar-refractivity contribution in [3.63, 3.8) is 0 Å². The van der Waals surface area contributed by atoms with Crippen LogP contribution in [-0.4, -0.2) is 37.2 Å². The highest BCUT2D eigenvalue weighted by molar-refractivity contribution is 7.98. The fourth-order valence-electron chi connectivity index (χ4n) is 1.38. The van der Waals surface area contributed by atoms with Gasteiger partial charge >= 0.3 is 0 Å². The van der Waals surface area contributed by atoms with Crippen molar-refractivity contribution in [2.75, 3.05) is 18.6 Å². The van der Waals surface area contributed by atoms with Gasteiger partial charge in [0.2, 0.25) is 0 Å². The molecule has 0 saturated carbocycles. The summed E-state index contributed by atoms with van der Waals surface area (Å²) in [4.78, 5) is 0. The van der Waals surface area contributed by atoms with Crippen LogP contribution in [0.25, 0.3) is 0 Å². The fraction of sp³-hybridized carbons (Fsp3) is 0.667. The lowest BCUT2D eigenvalue weighted by molar-refractivity contribution is 0.575. The van der Waals surface area contributed by atoms with Gasteiger partial charge in [-0.3, -0.25) is 5.10 Å². The Bertz CT molecular complexity index is 456. The topological polar surface area (TPSA) is 101 Å². The third-order valence-corrected chi connectivity index (χ3v) is 4.44. The molecule has 4 N–H and O–H groups in total. The van der Waals surface area contributed by atoms with E-state index in [-0.39, 0.29) is 11.6 Å². The Balaban J connectivity index is 2.75. The minimum absolute atomic E-state index is 0.0154. The zero-order chi connectivity index (χ0) is 12.9. The second-order valence-corrected chi connectivity index (χ2v) is 6.25. The number of hydrogen-bond donors (Lipinski definition) is 3. The van der Waals surface area contributed by atoms with Crippen molar-refractivity contribution < 1.29 is 8.42 Å². The third-order valence-electron chi connectivity index (χ3n) is 2.31. The van der Waals surface area contributed by atoms with Crippen LogP contribution in [0.3, 0.4) is 0 Å². The molecule has 1 aromatic heterocycles. The Morgan fingerprint density at radius 1 is 1.53 bits per heavy atom. The molecule has 0 spiro atoms. The van der Waals surface area contributed by atoms with E-state index in [0.29, 0.717) is 17.8 Å². The summed E-state index contributed by atoms with van der Waals surface area (Å²) in [5, 5.41) is 6.45. The van der Waals surface area contributed by atoms with E-state index < -0.39 is 10.0 Å². The lowest BCUT2D eigenvalue weighted by Crippen LogP contribution is -2.26. The molecule has 0 unspecified atom stereocenters. The second kappa shape index (κ2) is 6.39. The standard InChI is InChI=1S/C9H18N4O2S2/c1-7-8(6-10)9(13-12-7)17(14,15)11-4-3-5-16-2/h11H,3-6,10H2,1-2H3,(H,12,13). The van der Waals surface area contributed by atoms with Crippen molar-refractivity contribution >= 4 is 21.8 Å². The first-order chi connectivity index (χ1) is 8.03. The SMILES string of the molecule is CSCCCNS(=O)(=O)c1n[nH]c(C)c1CN. The molecule has 0 aliphatic rings. The van der Waals surface area contributed by atoms with E-state index in [9.17, 15) is 8.42 Å². The maximum absolute atomic E-state index is 11.9. The number of rotatable bonds is 7. The summed E-state index contributed by atoms with van der Waals surface area (Å²) in [6.07, 6.45) is 2.78. The van der Waals surface area contributed by atoms with Crippen LogP contribution in [0.2, 0.25) is 0 Å². The third kappa shape index (κ3) is 3.70. The van der Waals surface area contributed by atoms with Crippen molar-refractivity contribution in [1.82, 2.24) is 14.9 Å². The van der Waals surface area contributed by atoms with Crippen molar-refractivity contribution in [2.24, 2.45) is 5.73 Å². The van der Waals surface area contributed by atoms with Crippen molar-refractivity contribution in [3.05, 3.63) is 11.3 Å². The molecule has 0 atom stereocenters. The van der Waals surface area contributed by atoms with Crippen LogP contribution in [0.15, 0.2) is 5.03 Å². The van der Waals surface area contributed by atoms with E-state index in [0.717, 1.165) is 12.2 Å². The van der Waals surface area contributed by atoms with Gasteiger partial charge < -0.3 is 5.73 Å². The van der Waals surface area contributed by atoms with Crippen molar-refractivity contribution in [2.45, 2.75) is 24.9 Å². The second-order valence-electron chi connectivity index (χ2n) is 3.58. The molecule has 6 nitrogen and oxygen atoms in total. The summed E-state index contributed by atoms with van der Waals surface area (Å²) in [5.41, 5.74) is 6.75. The zero-order valence-corrected chi connectivity index (χ0v) is 11.6. The van der Waals surface area contributed by atoms with E-state index in [2.05, 4.69) is 14.9 Å². The maximum Gasteiger partial charge on any atom is 0.260 e. The minimum Gasteiger partial charge on any atom is -0.326 e. The number of nitrogens with zero attached hydrogens (tertiary/aromatic N) is 1. The number of aromatic nitrogens is 2. The summed E-state index contributed by atoms with van der Waals surface area (Å²) in [6.45, 7) is 2.32. The minimum atomic E-state index is -3.54.